The Kier molecular flexibility index (Phi) is 25.9. The van der Waals surface area contributed by atoms with Crippen LogP contribution in [0.5, 0.6) is 0 Å². The van der Waals surface area contributed by atoms with E-state index in [1.165, 1.54) is 0 Å². The summed E-state index contributed by atoms with van der Waals surface area (Å²) in [6.45, 7) is 41.8. The zero-order chi connectivity index (χ0) is 37.4. The molecule has 0 amide bonds. The van der Waals surface area contributed by atoms with Gasteiger partial charge in [-0.2, -0.15) is 14.9 Å². The molecule has 0 aliphatic heterocycles. The molecule has 0 bridgehead atoms. The quantitative estimate of drug-likeness (QED) is 0.197. The molecule has 0 radical (unpaired) electrons. The summed E-state index contributed by atoms with van der Waals surface area (Å²) in [5, 5.41) is 28.7. The van der Waals surface area contributed by atoms with Crippen LogP contribution in [0, 0.1) is 0 Å². The van der Waals surface area contributed by atoms with Gasteiger partial charge in [-0.15, -0.1) is 15.3 Å². The van der Waals surface area contributed by atoms with Crippen molar-refractivity contribution >= 4 is 0 Å². The number of nitrogens with zero attached hydrogens (tertiary/aromatic N) is 12. The van der Waals surface area contributed by atoms with Crippen molar-refractivity contribution in [2.75, 3.05) is 0 Å². The van der Waals surface area contributed by atoms with E-state index in [-0.39, 0.29) is 64.8 Å². The van der Waals surface area contributed by atoms with Crippen molar-refractivity contribution in [2.45, 2.75) is 221 Å². The summed E-state index contributed by atoms with van der Waals surface area (Å²) >= 11 is 0. The second-order valence-electron chi connectivity index (χ2n) is 17.5. The first-order valence-corrected chi connectivity index (χ1v) is 17.1. The van der Waals surface area contributed by atoms with Gasteiger partial charge in [0.05, 0.1) is 11.7 Å². The highest BCUT2D eigenvalue weighted by Gasteiger charge is 2.22. The molecular weight excluding hydrogens is 665 g/mol. The molecule has 53 heavy (non-hydrogen) atoms. The SMILES string of the molecule is C.C.C.C.C.CC(C)c1nc(C(C)(C)C)no1.CC(C)n1cc(C(C)(C)C)nn1.CC(C)n1cnc(C(C)(C)C)n1.CC(C)n1nnc(C(C)(C)C)n1. The van der Waals surface area contributed by atoms with E-state index >= 15 is 0 Å². The lowest BCUT2D eigenvalue weighted by atomic mass is 9.93. The molecule has 312 valence electrons. The topological polar surface area (TPSA) is 144 Å². The smallest absolute Gasteiger partial charge is 0.229 e. The fourth-order valence-electron chi connectivity index (χ4n) is 3.26. The Labute approximate surface area is 326 Å². The Balaban J connectivity index is -0.000000187. The van der Waals surface area contributed by atoms with E-state index in [4.69, 9.17) is 4.52 Å². The van der Waals surface area contributed by atoms with Crippen LogP contribution in [0.25, 0.3) is 0 Å². The van der Waals surface area contributed by atoms with Crippen molar-refractivity contribution in [3.63, 3.8) is 0 Å². The fraction of sp³-hybridized carbons (Fsp3) is 0.825. The van der Waals surface area contributed by atoms with Crippen LogP contribution in [-0.4, -0.2) is 60.1 Å². The van der Waals surface area contributed by atoms with Gasteiger partial charge in [-0.1, -0.05) is 144 Å². The molecule has 0 atom stereocenters. The maximum Gasteiger partial charge on any atom is 0.229 e. The minimum Gasteiger partial charge on any atom is -0.339 e. The maximum absolute atomic E-state index is 5.09. The Hall–Kier alpha value is -3.51. The third-order valence-electron chi connectivity index (χ3n) is 6.68. The van der Waals surface area contributed by atoms with Crippen LogP contribution < -0.4 is 0 Å². The van der Waals surface area contributed by atoms with Crippen LogP contribution >= 0.6 is 0 Å². The van der Waals surface area contributed by atoms with Crippen LogP contribution in [0.2, 0.25) is 0 Å². The Morgan fingerprint density at radius 1 is 0.528 bits per heavy atom. The zero-order valence-electron chi connectivity index (χ0n) is 33.7. The molecule has 0 aliphatic carbocycles. The van der Waals surface area contributed by atoms with Gasteiger partial charge in [0.25, 0.3) is 0 Å². The molecule has 4 aromatic rings. The average Bonchev–Trinajstić information content (AvgIpc) is 3.74. The summed E-state index contributed by atoms with van der Waals surface area (Å²) in [6.07, 6.45) is 3.82. The van der Waals surface area contributed by atoms with Crippen LogP contribution in [0.15, 0.2) is 17.0 Å². The van der Waals surface area contributed by atoms with E-state index in [0.717, 1.165) is 29.1 Å². The third-order valence-corrected chi connectivity index (χ3v) is 6.68. The van der Waals surface area contributed by atoms with Crippen LogP contribution in [0.1, 0.15) is 229 Å². The van der Waals surface area contributed by atoms with Gasteiger partial charge in [0, 0.05) is 45.9 Å². The molecule has 4 aromatic heterocycles. The largest absolute Gasteiger partial charge is 0.339 e. The van der Waals surface area contributed by atoms with E-state index in [2.05, 4.69) is 157 Å². The molecule has 0 saturated carbocycles. The van der Waals surface area contributed by atoms with Crippen molar-refractivity contribution in [1.82, 2.24) is 60.1 Å². The van der Waals surface area contributed by atoms with Crippen molar-refractivity contribution in [2.24, 2.45) is 0 Å². The van der Waals surface area contributed by atoms with E-state index in [1.54, 1.807) is 11.1 Å². The number of rotatable bonds is 4. The first-order valence-electron chi connectivity index (χ1n) is 17.1. The summed E-state index contributed by atoms with van der Waals surface area (Å²) in [5.41, 5.74) is 1.19. The Morgan fingerprint density at radius 2 is 1.00 bits per heavy atom. The first-order chi connectivity index (χ1) is 21.6. The van der Waals surface area contributed by atoms with Crippen molar-refractivity contribution in [1.29, 1.82) is 0 Å². The van der Waals surface area contributed by atoms with Gasteiger partial charge in [0.2, 0.25) is 5.89 Å². The maximum atomic E-state index is 5.09. The molecule has 0 aliphatic rings. The summed E-state index contributed by atoms with van der Waals surface area (Å²) in [6, 6.07) is 1.08. The molecule has 0 aromatic carbocycles. The number of tetrazole rings is 1. The zero-order valence-corrected chi connectivity index (χ0v) is 33.7. The van der Waals surface area contributed by atoms with Crippen LogP contribution in [0.4, 0.5) is 0 Å². The highest BCUT2D eigenvalue weighted by molar-refractivity contribution is 5.06. The summed E-state index contributed by atoms with van der Waals surface area (Å²) in [7, 11) is 0. The molecule has 4 rings (SSSR count). The van der Waals surface area contributed by atoms with Crippen molar-refractivity contribution in [3.8, 4) is 0 Å². The molecule has 13 nitrogen and oxygen atoms in total. The summed E-state index contributed by atoms with van der Waals surface area (Å²) in [4.78, 5) is 10.2. The monoisotopic (exact) mass is 751 g/mol. The van der Waals surface area contributed by atoms with Gasteiger partial charge in [-0.3, -0.25) is 4.68 Å². The molecule has 0 unspecified atom stereocenters. The highest BCUT2D eigenvalue weighted by Crippen LogP contribution is 2.22. The number of hydrogen-bond acceptors (Lipinski definition) is 10. The lowest BCUT2D eigenvalue weighted by Crippen LogP contribution is -2.14. The highest BCUT2D eigenvalue weighted by atomic mass is 16.5. The third kappa shape index (κ3) is 19.9. The molecule has 0 saturated heterocycles. The first kappa shape index (κ1) is 58.8. The van der Waals surface area contributed by atoms with Gasteiger partial charge in [0.1, 0.15) is 6.33 Å². The lowest BCUT2D eigenvalue weighted by molar-refractivity contribution is 0.352. The molecular formula is C40H86N12O. The van der Waals surface area contributed by atoms with Gasteiger partial charge >= 0.3 is 0 Å². The van der Waals surface area contributed by atoms with Crippen LogP contribution in [-0.2, 0) is 21.7 Å². The standard InChI is InChI=1S/2C9H17N3.C9H16N2O.C8H16N4.5CH4/c1-7(2)12-6-10-8(11-12)9(3,4)5;1-7(2)12-6-8(10-11-12)9(3,4)5;1-6(2)7-10-8(11-12-7)9(3,4)5;1-6(2)12-10-7(9-11-12)8(3,4)5;;;;;/h2*6-7H,1-5H3;2*6H,1-5H3;5*1H4. The van der Waals surface area contributed by atoms with E-state index < -0.39 is 0 Å². The van der Waals surface area contributed by atoms with E-state index in [1.807, 2.05) is 43.3 Å². The predicted molar refractivity (Wildman–Crippen MR) is 226 cm³/mol. The molecule has 0 N–H and O–H groups in total. The number of hydrogen-bond donors (Lipinski definition) is 0. The average molecular weight is 751 g/mol. The van der Waals surface area contributed by atoms with Crippen molar-refractivity contribution < 1.29 is 4.52 Å². The second kappa shape index (κ2) is 23.3. The summed E-state index contributed by atoms with van der Waals surface area (Å²) in [5.74, 6) is 3.53. The second-order valence-corrected chi connectivity index (χ2v) is 17.5. The van der Waals surface area contributed by atoms with Gasteiger partial charge in [-0.05, 0) is 46.8 Å². The van der Waals surface area contributed by atoms with Gasteiger partial charge < -0.3 is 4.52 Å². The fourth-order valence-corrected chi connectivity index (χ4v) is 3.26. The number of aromatic nitrogens is 12. The molecule has 13 heteroatoms. The Morgan fingerprint density at radius 3 is 1.23 bits per heavy atom. The van der Waals surface area contributed by atoms with E-state index in [0.29, 0.717) is 18.0 Å². The van der Waals surface area contributed by atoms with Gasteiger partial charge in [-0.25, -0.2) is 9.67 Å². The van der Waals surface area contributed by atoms with Crippen molar-refractivity contribution in [3.05, 3.63) is 41.6 Å². The summed E-state index contributed by atoms with van der Waals surface area (Å²) < 4.78 is 8.87. The molecule has 0 fully saturated rings. The Bertz CT molecular complexity index is 1250. The van der Waals surface area contributed by atoms with E-state index in [9.17, 15) is 0 Å². The molecule has 0 spiro atoms. The minimum absolute atomic E-state index is 0. The molecule has 4 heterocycles. The predicted octanol–water partition coefficient (Wildman–Crippen LogP) is 11.5. The lowest BCUT2D eigenvalue weighted by Gasteiger charge is -2.13. The normalized spacial score (nSPS) is 11.3. The van der Waals surface area contributed by atoms with Gasteiger partial charge in [0.15, 0.2) is 17.5 Å². The van der Waals surface area contributed by atoms with Crippen LogP contribution in [0.3, 0.4) is 0 Å². The minimum atomic E-state index is -0.0172.